The molecule has 0 spiro atoms. The van der Waals surface area contributed by atoms with Crippen molar-refractivity contribution in [3.63, 3.8) is 0 Å². The molecule has 1 unspecified atom stereocenters. The average Bonchev–Trinajstić information content (AvgIpc) is 3.15. The third kappa shape index (κ3) is 4.50. The van der Waals surface area contributed by atoms with Crippen LogP contribution in [-0.2, 0) is 24.1 Å². The summed E-state index contributed by atoms with van der Waals surface area (Å²) in [6.07, 6.45) is 4.71. The molecule has 25 heavy (non-hydrogen) atoms. The molecule has 1 aliphatic rings. The topological polar surface area (TPSA) is 29.5 Å². The Kier molecular flexibility index (Phi) is 6.27. The van der Waals surface area contributed by atoms with E-state index in [9.17, 15) is 4.79 Å². The van der Waals surface area contributed by atoms with Crippen molar-refractivity contribution < 1.29 is 9.53 Å². The molecule has 1 aromatic heterocycles. The maximum atomic E-state index is 11.7. The van der Waals surface area contributed by atoms with Crippen LogP contribution in [0.5, 0.6) is 5.75 Å². The molecule has 0 aliphatic heterocycles. The molecule has 4 heteroatoms. The van der Waals surface area contributed by atoms with E-state index in [0.29, 0.717) is 12.5 Å². The summed E-state index contributed by atoms with van der Waals surface area (Å²) < 4.78 is 5.53. The molecule has 3 nitrogen and oxygen atoms in total. The molecule has 0 fully saturated rings. The van der Waals surface area contributed by atoms with Gasteiger partial charge < -0.3 is 4.74 Å². The van der Waals surface area contributed by atoms with Crippen molar-refractivity contribution in [2.75, 3.05) is 13.1 Å². The number of thiophene rings is 1. The minimum atomic E-state index is -0.151. The normalized spacial score (nSPS) is 16.7. The first-order valence-corrected chi connectivity index (χ1v) is 10.2. The zero-order chi connectivity index (χ0) is 17.6. The van der Waals surface area contributed by atoms with E-state index in [1.807, 2.05) is 30.4 Å². The Hall–Kier alpha value is -1.65. The maximum absolute atomic E-state index is 11.7. The lowest BCUT2D eigenvalue weighted by atomic mass is 9.86. The summed E-state index contributed by atoms with van der Waals surface area (Å²) in [6.45, 7) is 6.28. The fourth-order valence-corrected chi connectivity index (χ4v) is 4.36. The molecule has 0 saturated carbocycles. The minimum Gasteiger partial charge on any atom is -0.426 e. The monoisotopic (exact) mass is 357 g/mol. The summed E-state index contributed by atoms with van der Waals surface area (Å²) in [7, 11) is 0. The molecule has 1 heterocycles. The highest BCUT2D eigenvalue weighted by Crippen LogP contribution is 2.32. The zero-order valence-corrected chi connectivity index (χ0v) is 16.0. The molecule has 1 aromatic carbocycles. The highest BCUT2D eigenvalue weighted by atomic mass is 32.1. The Morgan fingerprint density at radius 3 is 2.88 bits per heavy atom. The molecule has 0 bridgehead atoms. The van der Waals surface area contributed by atoms with Crippen molar-refractivity contribution >= 4 is 17.3 Å². The van der Waals surface area contributed by atoms with Crippen molar-refractivity contribution in [2.45, 2.75) is 52.0 Å². The number of carbonyl (C=O) groups is 1. The van der Waals surface area contributed by atoms with Crippen molar-refractivity contribution in [1.29, 1.82) is 0 Å². The molecule has 0 radical (unpaired) electrons. The van der Waals surface area contributed by atoms with Crippen LogP contribution in [0.3, 0.4) is 0 Å². The quantitative estimate of drug-likeness (QED) is 0.540. The molecule has 1 aliphatic carbocycles. The highest BCUT2D eigenvalue weighted by molar-refractivity contribution is 7.09. The second-order valence-electron chi connectivity index (χ2n) is 6.58. The lowest BCUT2D eigenvalue weighted by Crippen LogP contribution is -2.40. The van der Waals surface area contributed by atoms with Crippen molar-refractivity contribution in [1.82, 2.24) is 4.90 Å². The van der Waals surface area contributed by atoms with Crippen molar-refractivity contribution in [3.05, 3.63) is 51.7 Å². The van der Waals surface area contributed by atoms with E-state index in [1.165, 1.54) is 16.0 Å². The molecule has 0 amide bonds. The third-order valence-electron chi connectivity index (χ3n) is 5.07. The van der Waals surface area contributed by atoms with Crippen molar-refractivity contribution in [3.8, 4) is 5.75 Å². The van der Waals surface area contributed by atoms with Gasteiger partial charge in [0, 0.05) is 23.9 Å². The van der Waals surface area contributed by atoms with Crippen LogP contribution in [0.4, 0.5) is 0 Å². The predicted octanol–water partition coefficient (Wildman–Crippen LogP) is 4.49. The molecule has 134 valence electrons. The molecule has 3 rings (SSSR count). The van der Waals surface area contributed by atoms with Crippen LogP contribution < -0.4 is 4.74 Å². The smallest absolute Gasteiger partial charge is 0.310 e. The van der Waals surface area contributed by atoms with Gasteiger partial charge in [0.25, 0.3) is 0 Å². The van der Waals surface area contributed by atoms with E-state index in [0.717, 1.165) is 44.5 Å². The largest absolute Gasteiger partial charge is 0.426 e. The number of benzene rings is 1. The summed E-state index contributed by atoms with van der Waals surface area (Å²) in [4.78, 5) is 15.7. The Morgan fingerprint density at radius 2 is 2.16 bits per heavy atom. The summed E-state index contributed by atoms with van der Waals surface area (Å²) in [5.41, 5.74) is 2.57. The first-order chi connectivity index (χ1) is 12.2. The first-order valence-electron chi connectivity index (χ1n) is 9.29. The summed E-state index contributed by atoms with van der Waals surface area (Å²) in [5, 5.41) is 2.15. The van der Waals surface area contributed by atoms with Gasteiger partial charge >= 0.3 is 5.97 Å². The number of esters is 1. The number of nitrogens with zero attached hydrogens (tertiary/aromatic N) is 1. The molecular formula is C21H27NO2S. The maximum Gasteiger partial charge on any atom is 0.310 e. The lowest BCUT2D eigenvalue weighted by molar-refractivity contribution is -0.134. The van der Waals surface area contributed by atoms with E-state index in [4.69, 9.17) is 4.74 Å². The number of hydrogen-bond donors (Lipinski definition) is 0. The average molecular weight is 358 g/mol. The molecular weight excluding hydrogens is 330 g/mol. The van der Waals surface area contributed by atoms with Crippen LogP contribution in [0.1, 0.15) is 42.7 Å². The Labute approximate surface area is 154 Å². The van der Waals surface area contributed by atoms with Gasteiger partial charge in [-0.05, 0) is 60.9 Å². The van der Waals surface area contributed by atoms with Gasteiger partial charge in [0.15, 0.2) is 0 Å². The van der Waals surface area contributed by atoms with Crippen LogP contribution >= 0.6 is 11.3 Å². The zero-order valence-electron chi connectivity index (χ0n) is 15.2. The van der Waals surface area contributed by atoms with Gasteiger partial charge in [-0.3, -0.25) is 9.69 Å². The molecule has 0 saturated heterocycles. The molecule has 2 aromatic rings. The number of likely N-dealkylation sites (N-methyl/N-ethyl adjacent to an activating group) is 1. The van der Waals surface area contributed by atoms with Crippen molar-refractivity contribution in [2.24, 2.45) is 0 Å². The Morgan fingerprint density at radius 1 is 1.28 bits per heavy atom. The Bertz CT molecular complexity index is 696. The van der Waals surface area contributed by atoms with E-state index in [2.05, 4.69) is 35.4 Å². The van der Waals surface area contributed by atoms with Crippen LogP contribution in [0.15, 0.2) is 35.7 Å². The molecule has 1 atom stereocenters. The lowest BCUT2D eigenvalue weighted by Gasteiger charge is -2.35. The second kappa shape index (κ2) is 8.63. The number of rotatable bonds is 7. The van der Waals surface area contributed by atoms with Crippen LogP contribution in [0.25, 0.3) is 0 Å². The van der Waals surface area contributed by atoms with Gasteiger partial charge in [0.05, 0.1) is 0 Å². The van der Waals surface area contributed by atoms with E-state index in [-0.39, 0.29) is 5.97 Å². The standard InChI is InChI=1S/C21H27NO2S/c1-3-21(23)24-20-9-5-7-16-15-17(10-11-19(16)20)22(4-2)13-12-18-8-6-14-25-18/h5-9,14,17H,3-4,10-13,15H2,1-2H3. The summed E-state index contributed by atoms with van der Waals surface area (Å²) >= 11 is 1.85. The number of fused-ring (bicyclic) bond motifs is 1. The van der Waals surface area contributed by atoms with Gasteiger partial charge in [-0.2, -0.15) is 0 Å². The predicted molar refractivity (Wildman–Crippen MR) is 103 cm³/mol. The number of carbonyl (C=O) groups excluding carboxylic acids is 1. The SMILES string of the molecule is CCC(=O)Oc1cccc2c1CCC(N(CC)CCc1cccs1)C2. The van der Waals surface area contributed by atoms with E-state index < -0.39 is 0 Å². The van der Waals surface area contributed by atoms with Crippen LogP contribution in [0.2, 0.25) is 0 Å². The van der Waals surface area contributed by atoms with Gasteiger partial charge in [0.2, 0.25) is 0 Å². The fourth-order valence-electron chi connectivity index (χ4n) is 3.66. The van der Waals surface area contributed by atoms with Crippen LogP contribution in [0, 0.1) is 0 Å². The van der Waals surface area contributed by atoms with Gasteiger partial charge in [0.1, 0.15) is 5.75 Å². The summed E-state index contributed by atoms with van der Waals surface area (Å²) in [6, 6.07) is 11.1. The minimum absolute atomic E-state index is 0.151. The second-order valence-corrected chi connectivity index (χ2v) is 7.61. The highest BCUT2D eigenvalue weighted by Gasteiger charge is 2.25. The van der Waals surface area contributed by atoms with E-state index >= 15 is 0 Å². The Balaban J connectivity index is 1.67. The fraction of sp³-hybridized carbons (Fsp3) is 0.476. The molecule has 0 N–H and O–H groups in total. The third-order valence-corrected chi connectivity index (χ3v) is 6.01. The van der Waals surface area contributed by atoms with Gasteiger partial charge in [-0.15, -0.1) is 11.3 Å². The number of ether oxygens (including phenoxy) is 1. The van der Waals surface area contributed by atoms with Crippen LogP contribution in [-0.4, -0.2) is 30.0 Å². The van der Waals surface area contributed by atoms with Gasteiger partial charge in [-0.25, -0.2) is 0 Å². The van der Waals surface area contributed by atoms with Gasteiger partial charge in [-0.1, -0.05) is 32.0 Å². The number of hydrogen-bond acceptors (Lipinski definition) is 4. The summed E-state index contributed by atoms with van der Waals surface area (Å²) in [5.74, 6) is 0.617. The first kappa shape index (κ1) is 18.2. The van der Waals surface area contributed by atoms with E-state index in [1.54, 1.807) is 0 Å².